The molecule has 0 aliphatic rings. The van der Waals surface area contributed by atoms with Gasteiger partial charge in [0.1, 0.15) is 0 Å². The summed E-state index contributed by atoms with van der Waals surface area (Å²) in [6.07, 6.45) is 0. The SMILES string of the molecule is c1ccc(-c2cc(-c3ccccc3)cc(-c3ccc4c(c3)c3ccccc3n4-c3cc(-c4ccccc4)cc(-c4ccccc4)c3)c2)cc1. The van der Waals surface area contributed by atoms with Crippen LogP contribution in [-0.2, 0) is 0 Å². The van der Waals surface area contributed by atoms with Gasteiger partial charge in [-0.1, -0.05) is 146 Å². The molecule has 0 saturated carbocycles. The lowest BCUT2D eigenvalue weighted by atomic mass is 9.93. The Balaban J connectivity index is 1.26. The number of aromatic nitrogens is 1. The van der Waals surface area contributed by atoms with Crippen LogP contribution in [0.2, 0.25) is 0 Å². The van der Waals surface area contributed by atoms with E-state index < -0.39 is 0 Å². The highest BCUT2D eigenvalue weighted by atomic mass is 15.0. The molecule has 0 bridgehead atoms. The number of nitrogens with zero attached hydrogens (tertiary/aromatic N) is 1. The molecule has 0 radical (unpaired) electrons. The van der Waals surface area contributed by atoms with E-state index in [4.69, 9.17) is 0 Å². The van der Waals surface area contributed by atoms with E-state index in [-0.39, 0.29) is 0 Å². The predicted molar refractivity (Wildman–Crippen MR) is 208 cm³/mol. The fourth-order valence-electron chi connectivity index (χ4n) is 7.15. The van der Waals surface area contributed by atoms with Crippen molar-refractivity contribution >= 4 is 21.8 Å². The number of rotatable bonds is 6. The molecule has 1 aromatic heterocycles. The molecule has 0 fully saturated rings. The summed E-state index contributed by atoms with van der Waals surface area (Å²) in [7, 11) is 0. The van der Waals surface area contributed by atoms with Gasteiger partial charge in [0.05, 0.1) is 11.0 Å². The molecule has 0 unspecified atom stereocenters. The topological polar surface area (TPSA) is 4.93 Å². The van der Waals surface area contributed by atoms with Crippen LogP contribution in [0.25, 0.3) is 83.1 Å². The van der Waals surface area contributed by atoms with Crippen molar-refractivity contribution < 1.29 is 0 Å². The Morgan fingerprint density at radius 1 is 0.224 bits per heavy atom. The van der Waals surface area contributed by atoms with E-state index in [1.54, 1.807) is 0 Å². The Morgan fingerprint density at radius 2 is 0.592 bits per heavy atom. The normalized spacial score (nSPS) is 11.3. The summed E-state index contributed by atoms with van der Waals surface area (Å²) >= 11 is 0. The number of hydrogen-bond acceptors (Lipinski definition) is 0. The van der Waals surface area contributed by atoms with Crippen LogP contribution < -0.4 is 0 Å². The molecule has 0 saturated heterocycles. The van der Waals surface area contributed by atoms with Gasteiger partial charge in [0.25, 0.3) is 0 Å². The molecule has 0 N–H and O–H groups in total. The van der Waals surface area contributed by atoms with E-state index in [0.29, 0.717) is 0 Å². The van der Waals surface area contributed by atoms with Crippen molar-refractivity contribution in [3.8, 4) is 61.3 Å². The third-order valence-corrected chi connectivity index (χ3v) is 9.54. The minimum Gasteiger partial charge on any atom is -0.309 e. The molecule has 0 aliphatic heterocycles. The summed E-state index contributed by atoms with van der Waals surface area (Å²) in [4.78, 5) is 0. The van der Waals surface area contributed by atoms with E-state index in [2.05, 4.69) is 205 Å². The summed E-state index contributed by atoms with van der Waals surface area (Å²) in [5.41, 5.74) is 15.6. The molecule has 9 rings (SSSR count). The Labute approximate surface area is 287 Å². The zero-order valence-electron chi connectivity index (χ0n) is 27.0. The van der Waals surface area contributed by atoms with Crippen LogP contribution >= 0.6 is 0 Å². The Hall–Kier alpha value is -6.44. The van der Waals surface area contributed by atoms with Crippen LogP contribution in [0.3, 0.4) is 0 Å². The maximum Gasteiger partial charge on any atom is 0.0541 e. The first-order valence-corrected chi connectivity index (χ1v) is 16.8. The van der Waals surface area contributed by atoms with Gasteiger partial charge in [-0.2, -0.15) is 0 Å². The first kappa shape index (κ1) is 28.8. The zero-order valence-corrected chi connectivity index (χ0v) is 27.0. The molecule has 0 aliphatic carbocycles. The monoisotopic (exact) mass is 623 g/mol. The van der Waals surface area contributed by atoms with E-state index in [9.17, 15) is 0 Å². The van der Waals surface area contributed by atoms with E-state index in [1.165, 1.54) is 77.4 Å². The molecule has 0 spiro atoms. The summed E-state index contributed by atoms with van der Waals surface area (Å²) in [5.74, 6) is 0. The van der Waals surface area contributed by atoms with Gasteiger partial charge in [-0.25, -0.2) is 0 Å². The number of hydrogen-bond donors (Lipinski definition) is 0. The van der Waals surface area contributed by atoms with E-state index in [0.717, 1.165) is 5.69 Å². The van der Waals surface area contributed by atoms with Gasteiger partial charge in [0.15, 0.2) is 0 Å². The fourth-order valence-corrected chi connectivity index (χ4v) is 7.15. The first-order valence-electron chi connectivity index (χ1n) is 16.8. The van der Waals surface area contributed by atoms with Gasteiger partial charge in [-0.15, -0.1) is 0 Å². The summed E-state index contributed by atoms with van der Waals surface area (Å²) in [5, 5.41) is 2.49. The smallest absolute Gasteiger partial charge is 0.0541 e. The summed E-state index contributed by atoms with van der Waals surface area (Å²) in [6.45, 7) is 0. The van der Waals surface area contributed by atoms with Crippen molar-refractivity contribution in [1.82, 2.24) is 4.57 Å². The molecule has 9 aromatic rings. The highest BCUT2D eigenvalue weighted by molar-refractivity contribution is 6.10. The number of benzene rings is 8. The van der Waals surface area contributed by atoms with Crippen LogP contribution in [-0.4, -0.2) is 4.57 Å². The quantitative estimate of drug-likeness (QED) is 0.174. The lowest BCUT2D eigenvalue weighted by Crippen LogP contribution is -1.96. The Kier molecular flexibility index (Phi) is 7.22. The van der Waals surface area contributed by atoms with Crippen molar-refractivity contribution in [3.63, 3.8) is 0 Å². The summed E-state index contributed by atoms with van der Waals surface area (Å²) in [6, 6.07) is 72.5. The first-order chi connectivity index (χ1) is 24.3. The molecule has 0 amide bonds. The van der Waals surface area contributed by atoms with Crippen molar-refractivity contribution in [2.75, 3.05) is 0 Å². The molecule has 0 atom stereocenters. The predicted octanol–water partition coefficient (Wildman–Crippen LogP) is 13.1. The van der Waals surface area contributed by atoms with Gasteiger partial charge in [-0.05, 0) is 110 Å². The molecule has 8 aromatic carbocycles. The average molecular weight is 624 g/mol. The van der Waals surface area contributed by atoms with E-state index in [1.807, 2.05) is 0 Å². The highest BCUT2D eigenvalue weighted by Gasteiger charge is 2.16. The molecule has 1 heterocycles. The molecule has 1 heteroatoms. The molecule has 230 valence electrons. The van der Waals surface area contributed by atoms with Gasteiger partial charge in [-0.3, -0.25) is 0 Å². The molecule has 49 heavy (non-hydrogen) atoms. The summed E-state index contributed by atoms with van der Waals surface area (Å²) < 4.78 is 2.43. The second-order valence-electron chi connectivity index (χ2n) is 12.6. The van der Waals surface area contributed by atoms with Crippen molar-refractivity contribution in [2.45, 2.75) is 0 Å². The Morgan fingerprint density at radius 3 is 1.06 bits per heavy atom. The largest absolute Gasteiger partial charge is 0.309 e. The van der Waals surface area contributed by atoms with Gasteiger partial charge in [0, 0.05) is 16.5 Å². The number of fused-ring (bicyclic) bond motifs is 3. The second-order valence-corrected chi connectivity index (χ2v) is 12.6. The van der Waals surface area contributed by atoms with Gasteiger partial charge >= 0.3 is 0 Å². The van der Waals surface area contributed by atoms with Crippen LogP contribution in [0.1, 0.15) is 0 Å². The lowest BCUT2D eigenvalue weighted by Gasteiger charge is -2.14. The van der Waals surface area contributed by atoms with Gasteiger partial charge in [0.2, 0.25) is 0 Å². The molecular formula is C48H33N. The zero-order chi connectivity index (χ0) is 32.6. The average Bonchev–Trinajstić information content (AvgIpc) is 3.53. The second kappa shape index (κ2) is 12.3. The van der Waals surface area contributed by atoms with E-state index >= 15 is 0 Å². The minimum absolute atomic E-state index is 1.15. The molecule has 1 nitrogen and oxygen atoms in total. The Bertz CT molecular complexity index is 2450. The third-order valence-electron chi connectivity index (χ3n) is 9.54. The van der Waals surface area contributed by atoms with Crippen molar-refractivity contribution in [2.24, 2.45) is 0 Å². The highest BCUT2D eigenvalue weighted by Crippen LogP contribution is 2.39. The van der Waals surface area contributed by atoms with Gasteiger partial charge < -0.3 is 4.57 Å². The third kappa shape index (κ3) is 5.42. The molecular weight excluding hydrogens is 591 g/mol. The van der Waals surface area contributed by atoms with Crippen LogP contribution in [0, 0.1) is 0 Å². The minimum atomic E-state index is 1.15. The van der Waals surface area contributed by atoms with Crippen LogP contribution in [0.15, 0.2) is 200 Å². The van der Waals surface area contributed by atoms with Crippen molar-refractivity contribution in [1.29, 1.82) is 0 Å². The number of para-hydroxylation sites is 1. The lowest BCUT2D eigenvalue weighted by molar-refractivity contribution is 1.18. The van der Waals surface area contributed by atoms with Crippen molar-refractivity contribution in [3.05, 3.63) is 200 Å². The maximum atomic E-state index is 2.43. The maximum absolute atomic E-state index is 2.43. The standard InChI is InChI=1S/C48H33N/c1-5-15-34(16-6-1)39-27-40(35-17-7-2-8-18-35)29-41(28-39)38-25-26-48-46(33-38)45-23-13-14-24-47(45)49(48)44-31-42(36-19-9-3-10-20-36)30-43(32-44)37-21-11-4-12-22-37/h1-33H. The van der Waals surface area contributed by atoms with Crippen LogP contribution in [0.4, 0.5) is 0 Å². The van der Waals surface area contributed by atoms with Crippen LogP contribution in [0.5, 0.6) is 0 Å². The fraction of sp³-hybridized carbons (Fsp3) is 0.